The molecule has 0 aliphatic carbocycles. The second-order valence-electron chi connectivity index (χ2n) is 8.84. The summed E-state index contributed by atoms with van der Waals surface area (Å²) in [5.41, 5.74) is 2.39. The molecule has 0 bridgehead atoms. The van der Waals surface area contributed by atoms with Gasteiger partial charge < -0.3 is 9.64 Å². The highest BCUT2D eigenvalue weighted by atomic mass is 19.1. The number of likely N-dealkylation sites (N-methyl/N-ethyl adjacent to an activating group) is 1. The zero-order valence-corrected chi connectivity index (χ0v) is 19.6. The van der Waals surface area contributed by atoms with Crippen molar-refractivity contribution in [3.05, 3.63) is 76.9 Å². The number of rotatable bonds is 4. The van der Waals surface area contributed by atoms with Crippen LogP contribution in [0.2, 0.25) is 0 Å². The van der Waals surface area contributed by atoms with Gasteiger partial charge >= 0.3 is 5.69 Å². The van der Waals surface area contributed by atoms with E-state index >= 15 is 0 Å². The molecule has 0 fully saturated rings. The van der Waals surface area contributed by atoms with Crippen LogP contribution in [-0.4, -0.2) is 60.2 Å². The number of para-hydroxylation sites is 1. The first-order valence-electron chi connectivity index (χ1n) is 11.4. The van der Waals surface area contributed by atoms with E-state index in [1.54, 1.807) is 29.3 Å². The van der Waals surface area contributed by atoms with E-state index in [9.17, 15) is 14.0 Å². The van der Waals surface area contributed by atoms with Crippen molar-refractivity contribution in [2.24, 2.45) is 0 Å². The number of hydrogen-bond donors (Lipinski definition) is 0. The summed E-state index contributed by atoms with van der Waals surface area (Å²) in [6.07, 6.45) is 3.59. The molecule has 4 heterocycles. The molecule has 0 N–H and O–H groups in total. The van der Waals surface area contributed by atoms with Gasteiger partial charge in [-0.25, -0.2) is 19.2 Å². The lowest BCUT2D eigenvalue weighted by molar-refractivity contribution is -0.129. The number of fused-ring (bicyclic) bond motifs is 3. The Bertz CT molecular complexity index is 1700. The first-order chi connectivity index (χ1) is 17.4. The molecule has 0 saturated carbocycles. The third-order valence-corrected chi connectivity index (χ3v) is 6.45. The summed E-state index contributed by atoms with van der Waals surface area (Å²) in [4.78, 5) is 41.3. The fourth-order valence-electron chi connectivity index (χ4n) is 4.61. The predicted molar refractivity (Wildman–Crippen MR) is 130 cm³/mol. The van der Waals surface area contributed by atoms with Crippen molar-refractivity contribution in [2.75, 3.05) is 20.7 Å². The molecule has 5 aromatic rings. The molecule has 0 spiro atoms. The molecule has 0 radical (unpaired) electrons. The van der Waals surface area contributed by atoms with E-state index in [0.717, 1.165) is 5.56 Å². The molecule has 1 aliphatic rings. The molecule has 6 rings (SSSR count). The minimum Gasteiger partial charge on any atom is -0.493 e. The van der Waals surface area contributed by atoms with Gasteiger partial charge in [0, 0.05) is 32.1 Å². The van der Waals surface area contributed by atoms with Gasteiger partial charge in [-0.1, -0.05) is 18.2 Å². The highest BCUT2D eigenvalue weighted by Gasteiger charge is 2.29. The van der Waals surface area contributed by atoms with E-state index < -0.39 is 5.82 Å². The van der Waals surface area contributed by atoms with Crippen molar-refractivity contribution < 1.29 is 13.9 Å². The zero-order valence-electron chi connectivity index (χ0n) is 19.6. The monoisotopic (exact) mass is 487 g/mol. The number of halogens is 1. The maximum absolute atomic E-state index is 14.0. The minimum absolute atomic E-state index is 0.151. The molecule has 1 amide bonds. The normalized spacial score (nSPS) is 15.1. The smallest absolute Gasteiger partial charge is 0.331 e. The van der Waals surface area contributed by atoms with E-state index in [4.69, 9.17) is 9.72 Å². The number of aromatic nitrogens is 6. The maximum atomic E-state index is 14.0. The van der Waals surface area contributed by atoms with Gasteiger partial charge in [-0.2, -0.15) is 4.98 Å². The van der Waals surface area contributed by atoms with Crippen molar-refractivity contribution in [2.45, 2.75) is 19.0 Å². The number of hydrogen-bond acceptors (Lipinski definition) is 6. The lowest BCUT2D eigenvalue weighted by atomic mass is 10.0. The van der Waals surface area contributed by atoms with Crippen LogP contribution in [-0.2, 0) is 11.3 Å². The van der Waals surface area contributed by atoms with Gasteiger partial charge in [0.1, 0.15) is 30.0 Å². The molecule has 0 saturated heterocycles. The third kappa shape index (κ3) is 3.43. The molecule has 10 nitrogen and oxygen atoms in total. The highest BCUT2D eigenvalue weighted by Crippen LogP contribution is 2.35. The Morgan fingerprint density at radius 2 is 2.00 bits per heavy atom. The van der Waals surface area contributed by atoms with Gasteiger partial charge in [-0.3, -0.25) is 18.5 Å². The van der Waals surface area contributed by atoms with Crippen LogP contribution in [0.15, 0.2) is 59.8 Å². The number of imidazole rings is 2. The van der Waals surface area contributed by atoms with Gasteiger partial charge in [0.05, 0.1) is 29.9 Å². The minimum atomic E-state index is -0.408. The SMILES string of the molecule is CN(C)C(=O)Cn1c(=O)n(C2CCOc3ccccc32)c2nc(-n3cnc4ccc(F)cc43)ncc21. The molecule has 1 unspecified atom stereocenters. The number of ether oxygens (including phenoxy) is 1. The van der Waals surface area contributed by atoms with Crippen molar-refractivity contribution in [3.8, 4) is 11.7 Å². The summed E-state index contributed by atoms with van der Waals surface area (Å²) in [5.74, 6) is 0.301. The quantitative estimate of drug-likeness (QED) is 0.386. The molecular formula is C25H22FN7O3. The van der Waals surface area contributed by atoms with Crippen LogP contribution in [0.5, 0.6) is 5.75 Å². The molecule has 36 heavy (non-hydrogen) atoms. The lowest BCUT2D eigenvalue weighted by Crippen LogP contribution is -2.34. The largest absolute Gasteiger partial charge is 0.493 e. The molecule has 1 aliphatic heterocycles. The summed E-state index contributed by atoms with van der Waals surface area (Å²) in [5, 5.41) is 0. The Kier molecular flexibility index (Phi) is 5.06. The highest BCUT2D eigenvalue weighted by molar-refractivity contribution is 5.80. The third-order valence-electron chi connectivity index (χ3n) is 6.45. The van der Waals surface area contributed by atoms with Crippen LogP contribution in [0.3, 0.4) is 0 Å². The average Bonchev–Trinajstić information content (AvgIpc) is 3.41. The second-order valence-corrected chi connectivity index (χ2v) is 8.84. The van der Waals surface area contributed by atoms with Crippen LogP contribution in [0, 0.1) is 5.82 Å². The summed E-state index contributed by atoms with van der Waals surface area (Å²) in [6.45, 7) is 0.281. The Hall–Kier alpha value is -4.54. The van der Waals surface area contributed by atoms with Crippen molar-refractivity contribution in [1.29, 1.82) is 0 Å². The lowest BCUT2D eigenvalue weighted by Gasteiger charge is -2.26. The van der Waals surface area contributed by atoms with Crippen molar-refractivity contribution >= 4 is 28.1 Å². The molecule has 3 aromatic heterocycles. The van der Waals surface area contributed by atoms with Gasteiger partial charge in [-0.15, -0.1) is 0 Å². The first kappa shape index (κ1) is 22.0. The van der Waals surface area contributed by atoms with E-state index in [-0.39, 0.29) is 30.1 Å². The molecular weight excluding hydrogens is 465 g/mol. The molecule has 11 heteroatoms. The Labute approximate surface area is 204 Å². The van der Waals surface area contributed by atoms with Crippen molar-refractivity contribution in [3.63, 3.8) is 0 Å². The summed E-state index contributed by atoms with van der Waals surface area (Å²) in [6, 6.07) is 11.5. The first-order valence-corrected chi connectivity index (χ1v) is 11.4. The van der Waals surface area contributed by atoms with E-state index in [1.165, 1.54) is 34.1 Å². The number of benzene rings is 2. The van der Waals surface area contributed by atoms with Gasteiger partial charge in [0.15, 0.2) is 5.65 Å². The Morgan fingerprint density at radius 3 is 2.83 bits per heavy atom. The van der Waals surface area contributed by atoms with Crippen LogP contribution in [0.1, 0.15) is 18.0 Å². The van der Waals surface area contributed by atoms with Crippen molar-refractivity contribution in [1.82, 2.24) is 33.6 Å². The zero-order chi connectivity index (χ0) is 25.0. The second kappa shape index (κ2) is 8.29. The fraction of sp³-hybridized carbons (Fsp3) is 0.240. The summed E-state index contributed by atoms with van der Waals surface area (Å²) in [7, 11) is 3.28. The maximum Gasteiger partial charge on any atom is 0.331 e. The van der Waals surface area contributed by atoms with E-state index in [0.29, 0.717) is 41.0 Å². The van der Waals surface area contributed by atoms with Gasteiger partial charge in [0.25, 0.3) is 0 Å². The Morgan fingerprint density at radius 1 is 1.17 bits per heavy atom. The van der Waals surface area contributed by atoms with Crippen LogP contribution >= 0.6 is 0 Å². The number of carbonyl (C=O) groups excluding carboxylic acids is 1. The average molecular weight is 487 g/mol. The van der Waals surface area contributed by atoms with Crippen LogP contribution in [0.25, 0.3) is 28.1 Å². The van der Waals surface area contributed by atoms with E-state index in [2.05, 4.69) is 9.97 Å². The molecule has 2 aromatic carbocycles. The fourth-order valence-corrected chi connectivity index (χ4v) is 4.61. The Balaban J connectivity index is 1.59. The molecule has 182 valence electrons. The van der Waals surface area contributed by atoms with Gasteiger partial charge in [-0.05, 0) is 18.2 Å². The number of amides is 1. The summed E-state index contributed by atoms with van der Waals surface area (Å²) < 4.78 is 24.4. The number of nitrogens with zero attached hydrogens (tertiary/aromatic N) is 7. The predicted octanol–water partition coefficient (Wildman–Crippen LogP) is 2.53. The topological polar surface area (TPSA) is 100 Å². The summed E-state index contributed by atoms with van der Waals surface area (Å²) >= 11 is 0. The van der Waals surface area contributed by atoms with E-state index in [1.807, 2.05) is 24.3 Å². The standard InChI is InChI=1S/C25H22FN7O3/c1-30(2)22(34)13-31-20-12-27-24(32-14-28-17-8-7-15(26)11-19(17)32)29-23(20)33(25(31)35)18-9-10-36-21-6-4-3-5-16(18)21/h3-8,11-12,14,18H,9-10,13H2,1-2H3. The number of carbonyl (C=O) groups is 1. The van der Waals surface area contributed by atoms with Crippen LogP contribution < -0.4 is 10.4 Å². The van der Waals surface area contributed by atoms with Crippen LogP contribution in [0.4, 0.5) is 4.39 Å². The van der Waals surface area contributed by atoms with Gasteiger partial charge in [0.2, 0.25) is 11.9 Å². The molecule has 1 atom stereocenters.